The minimum Gasteiger partial charge on any atom is -0.493 e. The molecule has 162 valence electrons. The van der Waals surface area contributed by atoms with Crippen LogP contribution in [0.15, 0.2) is 18.2 Å². The number of esters is 1. The summed E-state index contributed by atoms with van der Waals surface area (Å²) in [4.78, 5) is 24.0. The molecule has 0 unspecified atom stereocenters. The summed E-state index contributed by atoms with van der Waals surface area (Å²) in [6.07, 6.45) is 4.16. The number of hydrogen-bond donors (Lipinski definition) is 1. The van der Waals surface area contributed by atoms with Gasteiger partial charge in [0.15, 0.2) is 11.5 Å². The Hall–Kier alpha value is -2.44. The van der Waals surface area contributed by atoms with E-state index in [1.807, 2.05) is 18.2 Å². The number of alkyl carbamates (subject to hydrolysis) is 1. The Labute approximate surface area is 173 Å². The Balaban J connectivity index is 2.17. The van der Waals surface area contributed by atoms with Crippen LogP contribution >= 0.6 is 0 Å². The summed E-state index contributed by atoms with van der Waals surface area (Å²) in [5.41, 5.74) is 0.268. The molecule has 0 bridgehead atoms. The molecule has 1 aromatic carbocycles. The molecular weight excluding hydrogens is 374 g/mol. The predicted octanol–water partition coefficient (Wildman–Crippen LogP) is 4.19. The number of methoxy groups -OCH3 is 2. The molecule has 1 aromatic rings. The average Bonchev–Trinajstić information content (AvgIpc) is 3.16. The maximum absolute atomic E-state index is 12.1. The van der Waals surface area contributed by atoms with Crippen LogP contribution in [-0.2, 0) is 14.3 Å². The number of rotatable bonds is 8. The minimum atomic E-state index is -0.593. The van der Waals surface area contributed by atoms with E-state index in [0.29, 0.717) is 11.5 Å². The van der Waals surface area contributed by atoms with Crippen molar-refractivity contribution in [2.45, 2.75) is 70.5 Å². The third kappa shape index (κ3) is 7.48. The minimum absolute atomic E-state index is 0.126. The van der Waals surface area contributed by atoms with Crippen LogP contribution in [0.1, 0.15) is 64.4 Å². The highest BCUT2D eigenvalue weighted by molar-refractivity contribution is 5.71. The summed E-state index contributed by atoms with van der Waals surface area (Å²) < 4.78 is 21.7. The van der Waals surface area contributed by atoms with Gasteiger partial charge in [-0.2, -0.15) is 0 Å². The van der Waals surface area contributed by atoms with Gasteiger partial charge in [0, 0.05) is 12.5 Å². The van der Waals surface area contributed by atoms with E-state index in [-0.39, 0.29) is 31.0 Å². The first kappa shape index (κ1) is 22.8. The maximum Gasteiger partial charge on any atom is 0.407 e. The Bertz CT molecular complexity index is 691. The SMILES string of the molecule is COC(=O)C[C@@H](CNC(=O)OC(C)(C)C)c1ccc(OC)c(OC2CCCC2)c1. The van der Waals surface area contributed by atoms with Crippen molar-refractivity contribution in [2.24, 2.45) is 0 Å². The van der Waals surface area contributed by atoms with Gasteiger partial charge in [-0.1, -0.05) is 6.07 Å². The molecule has 2 rings (SSSR count). The first-order valence-electron chi connectivity index (χ1n) is 10.1. The van der Waals surface area contributed by atoms with Crippen LogP contribution in [0.2, 0.25) is 0 Å². The topological polar surface area (TPSA) is 83.1 Å². The maximum atomic E-state index is 12.1. The Morgan fingerprint density at radius 3 is 2.41 bits per heavy atom. The Morgan fingerprint density at radius 2 is 1.83 bits per heavy atom. The molecule has 1 saturated carbocycles. The van der Waals surface area contributed by atoms with Gasteiger partial charge in [0.2, 0.25) is 0 Å². The van der Waals surface area contributed by atoms with Gasteiger partial charge in [0.25, 0.3) is 0 Å². The van der Waals surface area contributed by atoms with Crippen LogP contribution in [0, 0.1) is 0 Å². The van der Waals surface area contributed by atoms with Crippen LogP contribution in [0.5, 0.6) is 11.5 Å². The molecule has 1 atom stereocenters. The Morgan fingerprint density at radius 1 is 1.14 bits per heavy atom. The predicted molar refractivity (Wildman–Crippen MR) is 109 cm³/mol. The molecule has 1 aliphatic rings. The second-order valence-electron chi connectivity index (χ2n) is 8.29. The zero-order valence-corrected chi connectivity index (χ0v) is 18.1. The molecule has 0 radical (unpaired) electrons. The van der Waals surface area contributed by atoms with E-state index in [4.69, 9.17) is 18.9 Å². The van der Waals surface area contributed by atoms with Gasteiger partial charge in [0.05, 0.1) is 26.7 Å². The van der Waals surface area contributed by atoms with Crippen LogP contribution in [-0.4, -0.2) is 44.5 Å². The molecule has 29 heavy (non-hydrogen) atoms. The zero-order valence-electron chi connectivity index (χ0n) is 18.1. The van der Waals surface area contributed by atoms with Crippen LogP contribution in [0.3, 0.4) is 0 Å². The zero-order chi connectivity index (χ0) is 21.4. The lowest BCUT2D eigenvalue weighted by Crippen LogP contribution is -2.35. The number of carbonyl (C=O) groups is 2. The summed E-state index contributed by atoms with van der Waals surface area (Å²) in [5, 5.41) is 2.75. The fourth-order valence-electron chi connectivity index (χ4n) is 3.34. The number of carbonyl (C=O) groups excluding carboxylic acids is 2. The lowest BCUT2D eigenvalue weighted by atomic mass is 9.95. The number of hydrogen-bond acceptors (Lipinski definition) is 6. The molecule has 7 heteroatoms. The van der Waals surface area contributed by atoms with Gasteiger partial charge in [-0.15, -0.1) is 0 Å². The fraction of sp³-hybridized carbons (Fsp3) is 0.636. The normalized spacial score (nSPS) is 15.5. The molecule has 0 spiro atoms. The molecule has 1 N–H and O–H groups in total. The highest BCUT2D eigenvalue weighted by Gasteiger charge is 2.23. The molecule has 0 aromatic heterocycles. The lowest BCUT2D eigenvalue weighted by Gasteiger charge is -2.23. The van der Waals surface area contributed by atoms with E-state index in [0.717, 1.165) is 31.2 Å². The van der Waals surface area contributed by atoms with Crippen molar-refractivity contribution < 1.29 is 28.5 Å². The fourth-order valence-corrected chi connectivity index (χ4v) is 3.34. The van der Waals surface area contributed by atoms with Crippen molar-refractivity contribution in [3.63, 3.8) is 0 Å². The number of benzene rings is 1. The van der Waals surface area contributed by atoms with Crippen molar-refractivity contribution in [1.82, 2.24) is 5.32 Å². The van der Waals surface area contributed by atoms with Crippen molar-refractivity contribution in [2.75, 3.05) is 20.8 Å². The van der Waals surface area contributed by atoms with Gasteiger partial charge < -0.3 is 24.3 Å². The first-order valence-corrected chi connectivity index (χ1v) is 10.1. The second-order valence-corrected chi connectivity index (χ2v) is 8.29. The van der Waals surface area contributed by atoms with Gasteiger partial charge in [-0.3, -0.25) is 4.79 Å². The molecule has 1 fully saturated rings. The average molecular weight is 408 g/mol. The van der Waals surface area contributed by atoms with Crippen molar-refractivity contribution in [3.8, 4) is 11.5 Å². The van der Waals surface area contributed by atoms with E-state index in [1.165, 1.54) is 7.11 Å². The van der Waals surface area contributed by atoms with Crippen molar-refractivity contribution >= 4 is 12.1 Å². The van der Waals surface area contributed by atoms with Gasteiger partial charge in [-0.25, -0.2) is 4.79 Å². The molecule has 1 amide bonds. The van der Waals surface area contributed by atoms with Crippen molar-refractivity contribution in [3.05, 3.63) is 23.8 Å². The number of amides is 1. The summed E-state index contributed by atoms with van der Waals surface area (Å²) in [6.45, 7) is 5.64. The van der Waals surface area contributed by atoms with Crippen LogP contribution in [0.25, 0.3) is 0 Å². The summed E-state index contributed by atoms with van der Waals surface area (Å²) in [7, 11) is 2.95. The number of nitrogens with one attached hydrogen (secondary N) is 1. The standard InChI is InChI=1S/C22H33NO6/c1-22(2,3)29-21(25)23-14-16(13-20(24)27-5)15-10-11-18(26-4)19(12-15)28-17-8-6-7-9-17/h10-12,16-17H,6-9,13-14H2,1-5H3,(H,23,25)/t16-/m0/s1. The Kier molecular flexibility index (Phi) is 8.17. The van der Waals surface area contributed by atoms with E-state index in [1.54, 1.807) is 27.9 Å². The van der Waals surface area contributed by atoms with Crippen molar-refractivity contribution in [1.29, 1.82) is 0 Å². The lowest BCUT2D eigenvalue weighted by molar-refractivity contribution is -0.141. The van der Waals surface area contributed by atoms with Gasteiger partial charge in [0.1, 0.15) is 5.60 Å². The second kappa shape index (κ2) is 10.4. The molecule has 0 aliphatic heterocycles. The van der Waals surface area contributed by atoms with Crippen LogP contribution < -0.4 is 14.8 Å². The third-order valence-electron chi connectivity index (χ3n) is 4.79. The summed E-state index contributed by atoms with van der Waals surface area (Å²) in [6, 6.07) is 5.60. The number of ether oxygens (including phenoxy) is 4. The van der Waals surface area contributed by atoms with Gasteiger partial charge in [-0.05, 0) is 64.2 Å². The van der Waals surface area contributed by atoms with E-state index in [2.05, 4.69) is 5.32 Å². The highest BCUT2D eigenvalue weighted by atomic mass is 16.6. The van der Waals surface area contributed by atoms with E-state index >= 15 is 0 Å². The van der Waals surface area contributed by atoms with E-state index < -0.39 is 11.7 Å². The third-order valence-corrected chi connectivity index (χ3v) is 4.79. The molecule has 0 saturated heterocycles. The molecule has 7 nitrogen and oxygen atoms in total. The first-order chi connectivity index (χ1) is 13.7. The quantitative estimate of drug-likeness (QED) is 0.651. The van der Waals surface area contributed by atoms with E-state index in [9.17, 15) is 9.59 Å². The highest BCUT2D eigenvalue weighted by Crippen LogP contribution is 2.35. The van der Waals surface area contributed by atoms with Gasteiger partial charge >= 0.3 is 12.1 Å². The monoisotopic (exact) mass is 407 g/mol. The smallest absolute Gasteiger partial charge is 0.407 e. The van der Waals surface area contributed by atoms with Crippen LogP contribution in [0.4, 0.5) is 4.79 Å². The molecule has 1 aliphatic carbocycles. The summed E-state index contributed by atoms with van der Waals surface area (Å²) in [5.74, 6) is 0.670. The molecule has 0 heterocycles. The molecular formula is C22H33NO6. The largest absolute Gasteiger partial charge is 0.493 e. The summed E-state index contributed by atoms with van der Waals surface area (Å²) >= 11 is 0.